The van der Waals surface area contributed by atoms with Crippen molar-refractivity contribution in [2.75, 3.05) is 20.2 Å². The third kappa shape index (κ3) is 1.93. The first-order chi connectivity index (χ1) is 7.58. The van der Waals surface area contributed by atoms with Gasteiger partial charge in [-0.25, -0.2) is 8.78 Å². The normalized spacial score (nSPS) is 18.2. The molecule has 1 saturated heterocycles. The summed E-state index contributed by atoms with van der Waals surface area (Å²) in [5, 5.41) is 2.89. The molecule has 0 saturated carbocycles. The molecule has 0 amide bonds. The van der Waals surface area contributed by atoms with Gasteiger partial charge in [-0.1, -0.05) is 11.6 Å². The van der Waals surface area contributed by atoms with Gasteiger partial charge in [-0.2, -0.15) is 0 Å². The topological polar surface area (TPSA) is 21.3 Å². The van der Waals surface area contributed by atoms with Crippen molar-refractivity contribution in [3.05, 3.63) is 34.4 Å². The summed E-state index contributed by atoms with van der Waals surface area (Å²) in [6.07, 6.45) is 0.277. The highest BCUT2D eigenvalue weighted by Gasteiger charge is 2.38. The van der Waals surface area contributed by atoms with Crippen LogP contribution >= 0.6 is 11.6 Å². The van der Waals surface area contributed by atoms with Crippen LogP contribution < -0.4 is 5.32 Å². The maximum atomic E-state index is 13.5. The predicted molar refractivity (Wildman–Crippen MR) is 57.7 cm³/mol. The van der Waals surface area contributed by atoms with E-state index in [0.29, 0.717) is 13.1 Å². The SMILES string of the molecule is COC1(Cc2c(F)ccc(F)c2Cl)CNC1. The highest BCUT2D eigenvalue weighted by atomic mass is 35.5. The number of ether oxygens (including phenoxy) is 1. The van der Waals surface area contributed by atoms with Crippen molar-refractivity contribution in [1.82, 2.24) is 5.32 Å². The largest absolute Gasteiger partial charge is 0.375 e. The molecule has 0 spiro atoms. The zero-order valence-electron chi connectivity index (χ0n) is 8.82. The molecule has 1 N–H and O–H groups in total. The van der Waals surface area contributed by atoms with Crippen LogP contribution in [0.5, 0.6) is 0 Å². The Bertz CT molecular complexity index is 402. The average Bonchev–Trinajstić information content (AvgIpc) is 2.22. The molecule has 2 nitrogen and oxygen atoms in total. The van der Waals surface area contributed by atoms with Crippen molar-refractivity contribution >= 4 is 11.6 Å². The standard InChI is InChI=1S/C11H12ClF2NO/c1-16-11(5-15-6-11)4-7-8(13)2-3-9(14)10(7)12/h2-3,15H,4-6H2,1H3. The molecule has 1 aromatic rings. The first-order valence-corrected chi connectivity index (χ1v) is 5.34. The molecular weight excluding hydrogens is 236 g/mol. The van der Waals surface area contributed by atoms with Gasteiger partial charge >= 0.3 is 0 Å². The van der Waals surface area contributed by atoms with E-state index < -0.39 is 17.2 Å². The molecule has 0 radical (unpaired) electrons. The number of benzene rings is 1. The van der Waals surface area contributed by atoms with Crippen molar-refractivity contribution in [1.29, 1.82) is 0 Å². The molecule has 5 heteroatoms. The van der Waals surface area contributed by atoms with Crippen LogP contribution in [0.4, 0.5) is 8.78 Å². The molecule has 0 aromatic heterocycles. The summed E-state index contributed by atoms with van der Waals surface area (Å²) in [5.41, 5.74) is -0.275. The molecule has 1 aliphatic rings. The van der Waals surface area contributed by atoms with Crippen LogP contribution in [-0.2, 0) is 11.2 Å². The first kappa shape index (κ1) is 11.8. The highest BCUT2D eigenvalue weighted by molar-refractivity contribution is 6.31. The van der Waals surface area contributed by atoms with E-state index in [9.17, 15) is 8.78 Å². The van der Waals surface area contributed by atoms with E-state index in [2.05, 4.69) is 5.32 Å². The molecule has 1 aliphatic heterocycles. The Morgan fingerprint density at radius 2 is 2.00 bits per heavy atom. The minimum Gasteiger partial charge on any atom is -0.375 e. The number of rotatable bonds is 3. The Labute approximate surface area is 97.5 Å². The monoisotopic (exact) mass is 247 g/mol. The van der Waals surface area contributed by atoms with Crippen LogP contribution in [0.3, 0.4) is 0 Å². The summed E-state index contributed by atoms with van der Waals surface area (Å²) in [5.74, 6) is -1.09. The second-order valence-electron chi connectivity index (χ2n) is 3.99. The smallest absolute Gasteiger partial charge is 0.142 e. The van der Waals surface area contributed by atoms with Gasteiger partial charge in [0.1, 0.15) is 11.6 Å². The molecule has 1 fully saturated rings. The summed E-state index contributed by atoms with van der Waals surface area (Å²) in [6, 6.07) is 2.12. The summed E-state index contributed by atoms with van der Waals surface area (Å²) in [7, 11) is 1.56. The lowest BCUT2D eigenvalue weighted by atomic mass is 9.88. The molecule has 0 unspecified atom stereocenters. The lowest BCUT2D eigenvalue weighted by molar-refractivity contribution is -0.0507. The van der Waals surface area contributed by atoms with Gasteiger partial charge in [-0.05, 0) is 12.1 Å². The number of halogens is 3. The molecule has 2 rings (SSSR count). The maximum Gasteiger partial charge on any atom is 0.142 e. The predicted octanol–water partition coefficient (Wildman–Crippen LogP) is 2.15. The minimum absolute atomic E-state index is 0.150. The fraction of sp³-hybridized carbons (Fsp3) is 0.455. The second kappa shape index (κ2) is 4.28. The molecular formula is C11H12ClF2NO. The third-order valence-corrected chi connectivity index (χ3v) is 3.37. The summed E-state index contributed by atoms with van der Waals surface area (Å²) in [4.78, 5) is 0. The van der Waals surface area contributed by atoms with Crippen molar-refractivity contribution in [3.63, 3.8) is 0 Å². The number of hydrogen-bond acceptors (Lipinski definition) is 2. The van der Waals surface area contributed by atoms with Gasteiger partial charge in [0.25, 0.3) is 0 Å². The van der Waals surface area contributed by atoms with Crippen molar-refractivity contribution in [3.8, 4) is 0 Å². The van der Waals surface area contributed by atoms with Gasteiger partial charge in [0, 0.05) is 32.2 Å². The van der Waals surface area contributed by atoms with E-state index in [1.165, 1.54) is 0 Å². The Morgan fingerprint density at radius 3 is 2.50 bits per heavy atom. The number of methoxy groups -OCH3 is 1. The Balaban J connectivity index is 2.30. The molecule has 0 aliphatic carbocycles. The number of nitrogens with one attached hydrogen (secondary N) is 1. The van der Waals surface area contributed by atoms with Crippen LogP contribution in [0.1, 0.15) is 5.56 Å². The van der Waals surface area contributed by atoms with Gasteiger partial charge in [-0.3, -0.25) is 0 Å². The van der Waals surface area contributed by atoms with E-state index in [-0.39, 0.29) is 17.0 Å². The lowest BCUT2D eigenvalue weighted by Crippen LogP contribution is -2.62. The van der Waals surface area contributed by atoms with Crippen LogP contribution in [0, 0.1) is 11.6 Å². The zero-order chi connectivity index (χ0) is 11.8. The fourth-order valence-corrected chi connectivity index (χ4v) is 2.02. The second-order valence-corrected chi connectivity index (χ2v) is 4.37. The van der Waals surface area contributed by atoms with Crippen LogP contribution in [0.15, 0.2) is 12.1 Å². The fourth-order valence-electron chi connectivity index (χ4n) is 1.80. The lowest BCUT2D eigenvalue weighted by Gasteiger charge is -2.41. The molecule has 0 atom stereocenters. The molecule has 88 valence electrons. The molecule has 1 heterocycles. The Kier molecular flexibility index (Phi) is 3.15. The van der Waals surface area contributed by atoms with Crippen LogP contribution in [-0.4, -0.2) is 25.8 Å². The molecule has 0 bridgehead atoms. The van der Waals surface area contributed by atoms with Crippen molar-refractivity contribution in [2.45, 2.75) is 12.0 Å². The van der Waals surface area contributed by atoms with Gasteiger partial charge in [0.15, 0.2) is 0 Å². The summed E-state index contributed by atoms with van der Waals surface area (Å²) < 4.78 is 32.1. The van der Waals surface area contributed by atoms with E-state index in [4.69, 9.17) is 16.3 Å². The summed E-state index contributed by atoms with van der Waals surface area (Å²) >= 11 is 5.75. The highest BCUT2D eigenvalue weighted by Crippen LogP contribution is 2.29. The van der Waals surface area contributed by atoms with Gasteiger partial charge < -0.3 is 10.1 Å². The zero-order valence-corrected chi connectivity index (χ0v) is 9.57. The molecule has 1 aromatic carbocycles. The minimum atomic E-state index is -0.600. The first-order valence-electron chi connectivity index (χ1n) is 4.96. The molecule has 16 heavy (non-hydrogen) atoms. The number of hydrogen-bond donors (Lipinski definition) is 1. The summed E-state index contributed by atoms with van der Waals surface area (Å²) in [6.45, 7) is 1.24. The Hall–Kier alpha value is -0.710. The third-order valence-electron chi connectivity index (χ3n) is 2.97. The van der Waals surface area contributed by atoms with Crippen LogP contribution in [0.25, 0.3) is 0 Å². The van der Waals surface area contributed by atoms with E-state index in [0.717, 1.165) is 12.1 Å². The van der Waals surface area contributed by atoms with Crippen LogP contribution in [0.2, 0.25) is 5.02 Å². The van der Waals surface area contributed by atoms with E-state index >= 15 is 0 Å². The van der Waals surface area contributed by atoms with Crippen molar-refractivity contribution < 1.29 is 13.5 Å². The average molecular weight is 248 g/mol. The van der Waals surface area contributed by atoms with E-state index in [1.54, 1.807) is 7.11 Å². The quantitative estimate of drug-likeness (QED) is 0.827. The van der Waals surface area contributed by atoms with Crippen molar-refractivity contribution in [2.24, 2.45) is 0 Å². The van der Waals surface area contributed by atoms with Gasteiger partial charge in [0.05, 0.1) is 10.6 Å². The maximum absolute atomic E-state index is 13.5. The Morgan fingerprint density at radius 1 is 1.38 bits per heavy atom. The van der Waals surface area contributed by atoms with E-state index in [1.807, 2.05) is 0 Å². The van der Waals surface area contributed by atoms with Gasteiger partial charge in [-0.15, -0.1) is 0 Å². The van der Waals surface area contributed by atoms with Gasteiger partial charge in [0.2, 0.25) is 0 Å².